The van der Waals surface area contributed by atoms with Gasteiger partial charge in [-0.3, -0.25) is 33.8 Å². The van der Waals surface area contributed by atoms with Gasteiger partial charge < -0.3 is 35.8 Å². The van der Waals surface area contributed by atoms with E-state index in [4.69, 9.17) is 0 Å². The molecule has 27 heteroatoms. The van der Waals surface area contributed by atoms with Gasteiger partial charge in [-0.05, 0) is 153 Å². The second-order valence-electron chi connectivity index (χ2n) is 31.1. The fourth-order valence-corrected chi connectivity index (χ4v) is 19.6. The van der Waals surface area contributed by atoms with Crippen molar-refractivity contribution in [3.8, 4) is 10.4 Å². The maximum Gasteiger partial charge on any atom is 0.501 e. The first-order valence-electron chi connectivity index (χ1n) is 35.4. The number of aliphatic hydroxyl groups excluding tert-OH is 1. The third-order valence-corrected chi connectivity index (χ3v) is 26.4. The van der Waals surface area contributed by atoms with Gasteiger partial charge in [0.1, 0.15) is 17.0 Å². The lowest BCUT2D eigenvalue weighted by Crippen LogP contribution is -2.61. The van der Waals surface area contributed by atoms with E-state index in [1.54, 1.807) is 65.8 Å². The molecule has 552 valence electrons. The zero-order valence-corrected chi connectivity index (χ0v) is 62.8. The predicted octanol–water partition coefficient (Wildman–Crippen LogP) is 11.0. The molecule has 1 aromatic heterocycles. The molecule has 0 unspecified atom stereocenters. The minimum Gasteiger partial charge on any atom is -0.391 e. The number of carbonyl (C=O) groups is 5. The number of benzene rings is 4. The summed E-state index contributed by atoms with van der Waals surface area (Å²) in [5.41, 5.74) is 2.91. The van der Waals surface area contributed by atoms with Crippen molar-refractivity contribution in [2.45, 2.75) is 176 Å². The smallest absolute Gasteiger partial charge is 0.391 e. The highest BCUT2D eigenvalue weighted by atomic mass is 32.2. The van der Waals surface area contributed by atoms with Gasteiger partial charge in [0.2, 0.25) is 23.6 Å². The number of likely N-dealkylation sites (tertiary alicyclic amines) is 1. The van der Waals surface area contributed by atoms with E-state index in [-0.39, 0.29) is 55.9 Å². The lowest BCUT2D eigenvalue weighted by Gasteiger charge is -2.72. The number of nitrogens with one attached hydrogen (secondary N) is 4. The number of aryl methyl sites for hydroxylation is 1. The molecule has 4 aliphatic carbocycles. The highest BCUT2D eigenvalue weighted by Crippen LogP contribution is 2.77. The Hall–Kier alpha value is -6.88. The van der Waals surface area contributed by atoms with Crippen LogP contribution in [0.4, 0.5) is 24.5 Å². The molecule has 7 aliphatic rings. The summed E-state index contributed by atoms with van der Waals surface area (Å²) >= 11 is 2.93. The van der Waals surface area contributed by atoms with Crippen LogP contribution in [0.1, 0.15) is 147 Å². The van der Waals surface area contributed by atoms with Gasteiger partial charge in [-0.2, -0.15) is 13.2 Å². The van der Waals surface area contributed by atoms with Gasteiger partial charge >= 0.3 is 5.51 Å². The Morgan fingerprint density at radius 3 is 2.11 bits per heavy atom. The summed E-state index contributed by atoms with van der Waals surface area (Å²) in [6.45, 7) is 22.4. The number of alkyl halides is 3. The number of thiazole rings is 1. The molecule has 0 radical (unpaired) electrons. The molecule has 5 N–H and O–H groups in total. The van der Waals surface area contributed by atoms with Gasteiger partial charge in [0, 0.05) is 119 Å². The minimum absolute atomic E-state index is 0.0240. The number of aromatic nitrogens is 1. The van der Waals surface area contributed by atoms with Gasteiger partial charge in [0.25, 0.3) is 25.8 Å². The SMILES string of the molecule is Cc1ncsc1-c1ccc([C@@H](C)NC(=O)[C@H]2C[C@H](O)CN2C(=O)[C@@H](NC(=O)CCCC(=O)N2CCN(CC[C@H](CSc3ccccc3)Nc3ccc(S(=O)(=O)NC(=O)c4ccc(N5CCN(CC6=C(C78CC(C)(C7)C8)CC(C)(C)CC6)CC5)cc4)cc3S(=O)(=O)C(F)(F)F)CC2)C(C)(C)C)cc1. The third kappa shape index (κ3) is 17.7. The molecule has 4 heterocycles. The maximum atomic E-state index is 14.6. The fourth-order valence-electron chi connectivity index (χ4n) is 15.8. The predicted molar refractivity (Wildman–Crippen MR) is 391 cm³/mol. The van der Waals surface area contributed by atoms with E-state index >= 15 is 0 Å². The van der Waals surface area contributed by atoms with Gasteiger partial charge in [-0.25, -0.2) is 26.5 Å². The Kier molecular flexibility index (Phi) is 22.9. The molecule has 5 aromatic rings. The van der Waals surface area contributed by atoms with Crippen molar-refractivity contribution in [2.75, 3.05) is 88.0 Å². The first-order valence-corrected chi connectivity index (χ1v) is 40.3. The second-order valence-corrected chi connectivity index (χ2v) is 36.6. The molecule has 5 amide bonds. The van der Waals surface area contributed by atoms with E-state index in [9.17, 15) is 59.1 Å². The molecule has 3 saturated carbocycles. The minimum atomic E-state index is -6.19. The standard InChI is InChI=1S/C75H97F3N10O10S4/c1-49(51-17-19-52(20-18-51)66-50(2)79-48-100-66)80-69(93)62-39-57(89)43-88(62)70(94)67(71(3,4)5)82-64(90)15-12-16-65(91)87-37-31-84(32-38-87)30-28-55(44-99-58-13-10-9-11-14-58)81-61-26-25-59(40-63(61)101(95,96)75(76,77)78)102(97,98)83-68(92)53-21-23-56(24-22-53)86-35-33-85(34-36-86)42-54-27-29-72(6,7)41-60(54)74-45-73(8,46-74)47-74/h9-11,13-14,17-26,40,48-49,55,57,62,67,81,89H,12,15-16,27-39,41-47H2,1-8H3,(H,80,93)(H,82,90)(H,83,92)/t49-,55-,57+,62-,67-,73?,74?/m1/s1. The van der Waals surface area contributed by atoms with Crippen LogP contribution >= 0.6 is 23.1 Å². The van der Waals surface area contributed by atoms with Crippen LogP contribution in [0.5, 0.6) is 0 Å². The summed E-state index contributed by atoms with van der Waals surface area (Å²) in [5.74, 6) is -2.39. The largest absolute Gasteiger partial charge is 0.501 e. The number of sulfone groups is 1. The van der Waals surface area contributed by atoms with Crippen LogP contribution in [0, 0.1) is 28.6 Å². The summed E-state index contributed by atoms with van der Waals surface area (Å²) in [5, 5.41) is 19.7. The van der Waals surface area contributed by atoms with Crippen molar-refractivity contribution < 1.29 is 59.1 Å². The van der Waals surface area contributed by atoms with E-state index in [2.05, 4.69) is 56.4 Å². The Labute approximate surface area is 606 Å². The molecule has 12 rings (SSSR count). The van der Waals surface area contributed by atoms with Gasteiger partial charge in [0.15, 0.2) is 0 Å². The van der Waals surface area contributed by atoms with E-state index < -0.39 is 100 Å². The number of carbonyl (C=O) groups excluding carboxylic acids is 5. The first-order chi connectivity index (χ1) is 48.1. The topological polar surface area (TPSA) is 251 Å². The third-order valence-electron chi connectivity index (χ3n) is 21.4. The number of β-amino-alcohol motifs (C(OH)–C–C–N with tert-alkyl or cyclic N) is 1. The summed E-state index contributed by atoms with van der Waals surface area (Å²) in [6, 6.07) is 22.6. The lowest BCUT2D eigenvalue weighted by atomic mass is 9.33. The number of rotatable bonds is 26. The average Bonchev–Trinajstić information content (AvgIpc) is 0.777. The number of amides is 5. The number of thioether (sulfide) groups is 1. The van der Waals surface area contributed by atoms with Gasteiger partial charge in [-0.15, -0.1) is 23.1 Å². The number of anilines is 2. The number of aliphatic hydroxyl groups is 1. The number of hydrogen-bond donors (Lipinski definition) is 5. The van der Waals surface area contributed by atoms with Crippen molar-refractivity contribution in [3.05, 3.63) is 131 Å². The highest BCUT2D eigenvalue weighted by molar-refractivity contribution is 7.99. The molecular formula is C75H97F3N10O10S4. The van der Waals surface area contributed by atoms with E-state index in [0.717, 1.165) is 83.6 Å². The maximum absolute atomic E-state index is 14.6. The molecule has 102 heavy (non-hydrogen) atoms. The first kappa shape index (κ1) is 76.3. The zero-order chi connectivity index (χ0) is 73.3. The molecule has 6 fully saturated rings. The van der Waals surface area contributed by atoms with Crippen LogP contribution < -0.4 is 25.6 Å². The normalized spacial score (nSPS) is 22.8. The summed E-state index contributed by atoms with van der Waals surface area (Å²) in [4.78, 5) is 82.8. The number of sulfonamides is 1. The van der Waals surface area contributed by atoms with Gasteiger partial charge in [0.05, 0.1) is 38.8 Å². The molecule has 3 saturated heterocycles. The number of hydrogen-bond acceptors (Lipinski definition) is 17. The summed E-state index contributed by atoms with van der Waals surface area (Å²) in [7, 11) is -11.1. The molecule has 2 bridgehead atoms. The number of halogens is 3. The number of allylic oxidation sites excluding steroid dienone is 1. The highest BCUT2D eigenvalue weighted by Gasteiger charge is 2.67. The van der Waals surface area contributed by atoms with Crippen LogP contribution in [-0.4, -0.2) is 184 Å². The number of piperazine rings is 2. The fraction of sp³-hybridized carbons (Fsp3) is 0.547. The summed E-state index contributed by atoms with van der Waals surface area (Å²) in [6.07, 6.45) is 6.96. The second kappa shape index (κ2) is 30.7. The molecule has 5 atom stereocenters. The molecular weight excluding hydrogens is 1390 g/mol. The Balaban J connectivity index is 0.661. The van der Waals surface area contributed by atoms with Crippen LogP contribution in [0.2, 0.25) is 0 Å². The Morgan fingerprint density at radius 2 is 1.48 bits per heavy atom. The Morgan fingerprint density at radius 1 is 0.814 bits per heavy atom. The molecule has 3 aliphatic heterocycles. The zero-order valence-electron chi connectivity index (χ0n) is 59.5. The number of nitrogens with zero attached hydrogens (tertiary/aromatic N) is 6. The van der Waals surface area contributed by atoms with E-state index in [0.29, 0.717) is 55.0 Å². The Bertz CT molecular complexity index is 4130. The quantitative estimate of drug-likeness (QED) is 0.0255. The lowest BCUT2D eigenvalue weighted by molar-refractivity contribution is -0.167. The molecule has 0 spiro atoms. The monoisotopic (exact) mass is 1480 g/mol. The van der Waals surface area contributed by atoms with Crippen LogP contribution in [0.25, 0.3) is 10.4 Å². The van der Waals surface area contributed by atoms with Crippen molar-refractivity contribution in [1.82, 2.24) is 39.9 Å². The van der Waals surface area contributed by atoms with Crippen molar-refractivity contribution in [3.63, 3.8) is 0 Å². The summed E-state index contributed by atoms with van der Waals surface area (Å²) < 4.78 is 100. The average molecular weight is 1480 g/mol. The van der Waals surface area contributed by atoms with Crippen molar-refractivity contribution in [2.24, 2.45) is 21.7 Å². The van der Waals surface area contributed by atoms with E-state index in [1.807, 2.05) is 73.2 Å². The van der Waals surface area contributed by atoms with Crippen molar-refractivity contribution >= 4 is 83.9 Å². The molecule has 20 nitrogen and oxygen atoms in total. The van der Waals surface area contributed by atoms with Crippen molar-refractivity contribution in [1.29, 1.82) is 0 Å². The van der Waals surface area contributed by atoms with Crippen LogP contribution in [-0.2, 0) is 39.0 Å². The van der Waals surface area contributed by atoms with E-state index in [1.165, 1.54) is 60.9 Å². The van der Waals surface area contributed by atoms with Crippen LogP contribution in [0.3, 0.4) is 0 Å². The van der Waals surface area contributed by atoms with Crippen LogP contribution in [0.15, 0.2) is 128 Å². The van der Waals surface area contributed by atoms with Gasteiger partial charge in [-0.1, -0.05) is 95.2 Å². The molecule has 4 aromatic carbocycles.